The third kappa shape index (κ3) is 3.34. The number of carbonyl (C=O) groups excluding carboxylic acids is 3. The lowest BCUT2D eigenvalue weighted by Crippen LogP contribution is -2.44. The van der Waals surface area contributed by atoms with Crippen LogP contribution in [0.3, 0.4) is 0 Å². The average molecular weight is 322 g/mol. The molecule has 7 heteroatoms. The maximum Gasteiger partial charge on any atom is 0.325 e. The van der Waals surface area contributed by atoms with Gasteiger partial charge in [-0.15, -0.1) is 0 Å². The van der Waals surface area contributed by atoms with Crippen LogP contribution in [0, 0.1) is 0 Å². The summed E-state index contributed by atoms with van der Waals surface area (Å²) >= 11 is 0. The monoisotopic (exact) mass is 322 g/mol. The number of nitrogens with one attached hydrogen (secondary N) is 2. The van der Waals surface area contributed by atoms with Crippen molar-refractivity contribution in [1.82, 2.24) is 15.5 Å². The molecule has 2 saturated carbocycles. The van der Waals surface area contributed by atoms with Gasteiger partial charge in [0.05, 0.1) is 0 Å². The number of hydrogen-bond donors (Lipinski definition) is 3. The molecule has 0 atom stereocenters. The summed E-state index contributed by atoms with van der Waals surface area (Å²) in [7, 11) is 0. The first-order valence-corrected chi connectivity index (χ1v) is 8.69. The summed E-state index contributed by atoms with van der Waals surface area (Å²) in [6, 6.07) is 0.0663. The number of nitrogens with zero attached hydrogens (tertiary/aromatic N) is 1. The van der Waals surface area contributed by atoms with Gasteiger partial charge in [-0.25, -0.2) is 4.79 Å². The molecule has 0 aromatic rings. The average Bonchev–Trinajstić information content (AvgIpc) is 3.07. The first kappa shape index (κ1) is 16.2. The number of carbonyl (C=O) groups is 3. The highest BCUT2D eigenvalue weighted by Crippen LogP contribution is 2.35. The molecule has 0 aromatic heterocycles. The number of urea groups is 1. The molecule has 1 saturated heterocycles. The third-order valence-corrected chi connectivity index (χ3v) is 5.40. The van der Waals surface area contributed by atoms with Gasteiger partial charge >= 0.3 is 6.03 Å². The highest BCUT2D eigenvalue weighted by Gasteiger charge is 2.52. The standard InChI is InChI=1S/C16H26N4O3/c17-11-3-5-12(6-4-11)18-13(21)7-10-20-14(22)16(19-15(20)23)8-1-2-9-16/h11-12H,1-10,17H2,(H,18,21)(H,19,23). The van der Waals surface area contributed by atoms with Crippen molar-refractivity contribution >= 4 is 17.8 Å². The van der Waals surface area contributed by atoms with Crippen LogP contribution in [-0.4, -0.2) is 46.9 Å². The molecule has 7 nitrogen and oxygen atoms in total. The van der Waals surface area contributed by atoms with Crippen LogP contribution in [-0.2, 0) is 9.59 Å². The Morgan fingerprint density at radius 1 is 1.22 bits per heavy atom. The van der Waals surface area contributed by atoms with Crippen molar-refractivity contribution in [1.29, 1.82) is 0 Å². The van der Waals surface area contributed by atoms with E-state index in [4.69, 9.17) is 5.73 Å². The molecule has 3 fully saturated rings. The molecular weight excluding hydrogens is 296 g/mol. The van der Waals surface area contributed by atoms with E-state index in [1.165, 1.54) is 4.90 Å². The fourth-order valence-corrected chi connectivity index (χ4v) is 3.97. The number of rotatable bonds is 4. The first-order chi connectivity index (χ1) is 11.0. The molecule has 4 amide bonds. The molecule has 1 heterocycles. The second-order valence-corrected chi connectivity index (χ2v) is 7.11. The lowest BCUT2D eigenvalue weighted by Gasteiger charge is -2.27. The van der Waals surface area contributed by atoms with Crippen molar-refractivity contribution in [2.45, 2.75) is 75.4 Å². The fraction of sp³-hybridized carbons (Fsp3) is 0.812. The zero-order valence-electron chi connectivity index (χ0n) is 13.5. The molecule has 1 aliphatic heterocycles. The molecule has 0 radical (unpaired) electrons. The predicted octanol–water partition coefficient (Wildman–Crippen LogP) is 0.627. The van der Waals surface area contributed by atoms with Gasteiger partial charge in [0.25, 0.3) is 5.91 Å². The van der Waals surface area contributed by atoms with E-state index in [0.29, 0.717) is 12.8 Å². The van der Waals surface area contributed by atoms with Crippen molar-refractivity contribution in [3.8, 4) is 0 Å². The molecule has 0 unspecified atom stereocenters. The second kappa shape index (κ2) is 6.47. The van der Waals surface area contributed by atoms with Gasteiger partial charge in [-0.3, -0.25) is 14.5 Å². The van der Waals surface area contributed by atoms with Crippen molar-refractivity contribution in [2.24, 2.45) is 5.73 Å². The summed E-state index contributed by atoms with van der Waals surface area (Å²) < 4.78 is 0. The maximum atomic E-state index is 12.5. The van der Waals surface area contributed by atoms with Crippen molar-refractivity contribution in [3.05, 3.63) is 0 Å². The molecule has 0 aromatic carbocycles. The molecule has 1 spiro atoms. The van der Waals surface area contributed by atoms with E-state index in [0.717, 1.165) is 38.5 Å². The zero-order chi connectivity index (χ0) is 16.4. The van der Waals surface area contributed by atoms with E-state index < -0.39 is 5.54 Å². The summed E-state index contributed by atoms with van der Waals surface area (Å²) in [4.78, 5) is 37.8. The number of imide groups is 1. The Bertz CT molecular complexity index is 494. The van der Waals surface area contributed by atoms with Gasteiger partial charge in [0.15, 0.2) is 0 Å². The minimum atomic E-state index is -0.687. The van der Waals surface area contributed by atoms with Crippen LogP contribution >= 0.6 is 0 Å². The van der Waals surface area contributed by atoms with Crippen LogP contribution in [0.1, 0.15) is 57.8 Å². The summed E-state index contributed by atoms with van der Waals surface area (Å²) in [5.41, 5.74) is 5.17. The Labute approximate surface area is 136 Å². The maximum absolute atomic E-state index is 12.5. The van der Waals surface area contributed by atoms with Gasteiger partial charge in [0.1, 0.15) is 5.54 Å². The van der Waals surface area contributed by atoms with Gasteiger partial charge < -0.3 is 16.4 Å². The quantitative estimate of drug-likeness (QED) is 0.660. The van der Waals surface area contributed by atoms with Crippen LogP contribution in [0.5, 0.6) is 0 Å². The number of hydrogen-bond acceptors (Lipinski definition) is 4. The first-order valence-electron chi connectivity index (χ1n) is 8.69. The van der Waals surface area contributed by atoms with E-state index in [2.05, 4.69) is 10.6 Å². The van der Waals surface area contributed by atoms with E-state index >= 15 is 0 Å². The van der Waals surface area contributed by atoms with Crippen LogP contribution in [0.15, 0.2) is 0 Å². The normalized spacial score (nSPS) is 29.9. The Morgan fingerprint density at radius 2 is 1.87 bits per heavy atom. The molecule has 3 rings (SSSR count). The largest absolute Gasteiger partial charge is 0.353 e. The number of nitrogens with two attached hydrogens (primary N) is 1. The minimum Gasteiger partial charge on any atom is -0.353 e. The second-order valence-electron chi connectivity index (χ2n) is 7.11. The van der Waals surface area contributed by atoms with Crippen molar-refractivity contribution in [3.63, 3.8) is 0 Å². The lowest BCUT2D eigenvalue weighted by atomic mass is 9.92. The van der Waals surface area contributed by atoms with Gasteiger partial charge in [-0.2, -0.15) is 0 Å². The van der Waals surface area contributed by atoms with E-state index in [1.807, 2.05) is 0 Å². The molecule has 3 aliphatic rings. The van der Waals surface area contributed by atoms with Gasteiger partial charge in [0.2, 0.25) is 5.91 Å². The number of amides is 4. The Morgan fingerprint density at radius 3 is 2.52 bits per heavy atom. The summed E-state index contributed by atoms with van der Waals surface area (Å²) in [5.74, 6) is -0.255. The zero-order valence-corrected chi connectivity index (χ0v) is 13.5. The summed E-state index contributed by atoms with van der Waals surface area (Å²) in [5, 5.41) is 5.82. The van der Waals surface area contributed by atoms with Crippen molar-refractivity contribution in [2.75, 3.05) is 6.54 Å². The third-order valence-electron chi connectivity index (χ3n) is 5.40. The molecule has 0 bridgehead atoms. The Kier molecular flexibility index (Phi) is 4.57. The van der Waals surface area contributed by atoms with Crippen molar-refractivity contribution < 1.29 is 14.4 Å². The topological polar surface area (TPSA) is 105 Å². The highest BCUT2D eigenvalue weighted by molar-refractivity contribution is 6.07. The molecule has 23 heavy (non-hydrogen) atoms. The van der Waals surface area contributed by atoms with Gasteiger partial charge in [0, 0.05) is 25.0 Å². The predicted molar refractivity (Wildman–Crippen MR) is 84.4 cm³/mol. The smallest absolute Gasteiger partial charge is 0.325 e. The lowest BCUT2D eigenvalue weighted by molar-refractivity contribution is -0.131. The molecule has 128 valence electrons. The van der Waals surface area contributed by atoms with Crippen LogP contribution in [0.25, 0.3) is 0 Å². The minimum absolute atomic E-state index is 0.0987. The molecule has 4 N–H and O–H groups in total. The van der Waals surface area contributed by atoms with E-state index in [1.54, 1.807) is 0 Å². The van der Waals surface area contributed by atoms with Gasteiger partial charge in [-0.1, -0.05) is 12.8 Å². The molecular formula is C16H26N4O3. The highest BCUT2D eigenvalue weighted by atomic mass is 16.2. The van der Waals surface area contributed by atoms with Crippen LogP contribution < -0.4 is 16.4 Å². The Balaban J connectivity index is 1.47. The summed E-state index contributed by atoms with van der Waals surface area (Å²) in [6.07, 6.45) is 7.18. The van der Waals surface area contributed by atoms with Crippen LogP contribution in [0.2, 0.25) is 0 Å². The van der Waals surface area contributed by atoms with E-state index in [9.17, 15) is 14.4 Å². The van der Waals surface area contributed by atoms with Crippen LogP contribution in [0.4, 0.5) is 4.79 Å². The summed E-state index contributed by atoms with van der Waals surface area (Å²) in [6.45, 7) is 0.157. The molecule has 2 aliphatic carbocycles. The van der Waals surface area contributed by atoms with Gasteiger partial charge in [-0.05, 0) is 38.5 Å². The Hall–Kier alpha value is -1.63. The fourth-order valence-electron chi connectivity index (χ4n) is 3.97. The SMILES string of the molecule is NC1CCC(NC(=O)CCN2C(=O)NC3(CCCC3)C2=O)CC1. The van der Waals surface area contributed by atoms with E-state index in [-0.39, 0.29) is 42.9 Å².